The number of anilines is 2. The number of amides is 2. The Hall–Kier alpha value is -4.00. The number of carbonyl (C=O) groups excluding carboxylic acids is 1. The second-order valence-electron chi connectivity index (χ2n) is 9.82. The van der Waals surface area contributed by atoms with Gasteiger partial charge in [-0.2, -0.15) is 13.2 Å². The standard InChI is InChI=1S/C30H29F3N4O4S/c1-2-42(39,40)28-12-8-21(30(31,32)33)17-27(28)36-29(38)35-26-11-10-23(24-5-3-4-6-25(24)26)20-7-9-22(34-18-20)19-37-13-15-41-16-14-37/h3-12,17-18H,2,13-16,19H2,1H3,(H2,35,36,38). The van der Waals surface area contributed by atoms with Crippen LogP contribution in [-0.4, -0.2) is 56.4 Å². The Balaban J connectivity index is 1.40. The summed E-state index contributed by atoms with van der Waals surface area (Å²) in [6, 6.07) is 16.2. The van der Waals surface area contributed by atoms with E-state index in [0.717, 1.165) is 47.9 Å². The fourth-order valence-corrected chi connectivity index (χ4v) is 5.86. The van der Waals surface area contributed by atoms with E-state index >= 15 is 0 Å². The maximum atomic E-state index is 13.4. The molecule has 220 valence electrons. The summed E-state index contributed by atoms with van der Waals surface area (Å²) in [5, 5.41) is 6.49. The van der Waals surface area contributed by atoms with E-state index in [1.54, 1.807) is 18.3 Å². The van der Waals surface area contributed by atoms with Crippen LogP contribution >= 0.6 is 0 Å². The highest BCUT2D eigenvalue weighted by Gasteiger charge is 2.32. The number of nitrogens with one attached hydrogen (secondary N) is 2. The van der Waals surface area contributed by atoms with E-state index in [1.165, 1.54) is 6.92 Å². The number of benzene rings is 3. The molecule has 0 radical (unpaired) electrons. The molecular weight excluding hydrogens is 569 g/mol. The molecule has 1 aromatic heterocycles. The molecular formula is C30H29F3N4O4S. The minimum Gasteiger partial charge on any atom is -0.379 e. The van der Waals surface area contributed by atoms with Crippen LogP contribution in [0.4, 0.5) is 29.3 Å². The highest BCUT2D eigenvalue weighted by molar-refractivity contribution is 7.91. The van der Waals surface area contributed by atoms with Crippen molar-refractivity contribution >= 4 is 38.0 Å². The highest BCUT2D eigenvalue weighted by atomic mass is 32.2. The molecule has 8 nitrogen and oxygen atoms in total. The number of hydrogen-bond acceptors (Lipinski definition) is 6. The smallest absolute Gasteiger partial charge is 0.379 e. The van der Waals surface area contributed by atoms with Gasteiger partial charge in [-0.25, -0.2) is 13.2 Å². The van der Waals surface area contributed by atoms with Crippen LogP contribution in [-0.2, 0) is 27.3 Å². The Morgan fingerprint density at radius 1 is 0.952 bits per heavy atom. The number of rotatable bonds is 7. The summed E-state index contributed by atoms with van der Waals surface area (Å²) in [5.41, 5.74) is 1.58. The van der Waals surface area contributed by atoms with Gasteiger partial charge in [-0.15, -0.1) is 0 Å². The van der Waals surface area contributed by atoms with Crippen molar-refractivity contribution in [3.05, 3.63) is 84.2 Å². The van der Waals surface area contributed by atoms with Gasteiger partial charge in [0.1, 0.15) is 0 Å². The van der Waals surface area contributed by atoms with Crippen molar-refractivity contribution in [3.63, 3.8) is 0 Å². The van der Waals surface area contributed by atoms with Crippen LogP contribution in [0.15, 0.2) is 77.8 Å². The van der Waals surface area contributed by atoms with Gasteiger partial charge >= 0.3 is 12.2 Å². The molecule has 1 aliphatic heterocycles. The number of sulfone groups is 1. The summed E-state index contributed by atoms with van der Waals surface area (Å²) < 4.78 is 70.5. The van der Waals surface area contributed by atoms with Crippen molar-refractivity contribution in [2.45, 2.75) is 24.5 Å². The number of ether oxygens (including phenoxy) is 1. The lowest BCUT2D eigenvalue weighted by molar-refractivity contribution is -0.137. The quantitative estimate of drug-likeness (QED) is 0.263. The lowest BCUT2D eigenvalue weighted by Gasteiger charge is -2.26. The summed E-state index contributed by atoms with van der Waals surface area (Å²) >= 11 is 0. The van der Waals surface area contributed by atoms with Crippen molar-refractivity contribution in [1.82, 2.24) is 9.88 Å². The Bertz CT molecular complexity index is 1700. The maximum absolute atomic E-state index is 13.4. The maximum Gasteiger partial charge on any atom is 0.416 e. The second-order valence-corrected chi connectivity index (χ2v) is 12.1. The molecule has 3 aromatic carbocycles. The third-order valence-electron chi connectivity index (χ3n) is 7.07. The number of pyridine rings is 1. The van der Waals surface area contributed by atoms with Crippen molar-refractivity contribution in [2.75, 3.05) is 42.7 Å². The lowest BCUT2D eigenvalue weighted by Crippen LogP contribution is -2.35. The molecule has 5 rings (SSSR count). The molecule has 2 amide bonds. The van der Waals surface area contributed by atoms with E-state index in [2.05, 4.69) is 20.5 Å². The van der Waals surface area contributed by atoms with E-state index in [0.29, 0.717) is 36.4 Å². The minimum absolute atomic E-state index is 0.343. The summed E-state index contributed by atoms with van der Waals surface area (Å²) in [7, 11) is -3.92. The molecule has 0 aliphatic carbocycles. The van der Waals surface area contributed by atoms with E-state index < -0.39 is 38.2 Å². The highest BCUT2D eigenvalue weighted by Crippen LogP contribution is 2.35. The van der Waals surface area contributed by atoms with Crippen LogP contribution in [0.1, 0.15) is 18.2 Å². The van der Waals surface area contributed by atoms with Gasteiger partial charge in [-0.05, 0) is 41.3 Å². The molecule has 0 spiro atoms. The van der Waals surface area contributed by atoms with Gasteiger partial charge < -0.3 is 15.4 Å². The number of fused-ring (bicyclic) bond motifs is 1. The number of alkyl halides is 3. The van der Waals surface area contributed by atoms with E-state index in [-0.39, 0.29) is 5.75 Å². The molecule has 1 aliphatic rings. The Morgan fingerprint density at radius 3 is 2.33 bits per heavy atom. The number of urea groups is 1. The van der Waals surface area contributed by atoms with Crippen LogP contribution < -0.4 is 10.6 Å². The average Bonchev–Trinajstić information content (AvgIpc) is 2.98. The fourth-order valence-electron chi connectivity index (χ4n) is 4.83. The van der Waals surface area contributed by atoms with E-state index in [4.69, 9.17) is 4.74 Å². The zero-order valence-corrected chi connectivity index (χ0v) is 23.6. The summed E-state index contributed by atoms with van der Waals surface area (Å²) in [6.07, 6.45) is -2.91. The molecule has 0 saturated carbocycles. The number of carbonyl (C=O) groups is 1. The Kier molecular flexibility index (Phi) is 8.48. The SMILES string of the molecule is CCS(=O)(=O)c1ccc(C(F)(F)F)cc1NC(=O)Nc1ccc(-c2ccc(CN3CCOCC3)nc2)c2ccccc12. The third-order valence-corrected chi connectivity index (χ3v) is 8.85. The number of halogens is 3. The van der Waals surface area contributed by atoms with Gasteiger partial charge in [0, 0.05) is 36.8 Å². The van der Waals surface area contributed by atoms with Crippen molar-refractivity contribution < 1.29 is 31.1 Å². The van der Waals surface area contributed by atoms with E-state index in [1.807, 2.05) is 36.4 Å². The zero-order chi connectivity index (χ0) is 29.9. The summed E-state index contributed by atoms with van der Waals surface area (Å²) in [6.45, 7) is 5.25. The van der Waals surface area contributed by atoms with Gasteiger partial charge in [-0.3, -0.25) is 9.88 Å². The third kappa shape index (κ3) is 6.56. The van der Waals surface area contributed by atoms with Gasteiger partial charge in [0.15, 0.2) is 9.84 Å². The fraction of sp³-hybridized carbons (Fsp3) is 0.267. The molecule has 2 N–H and O–H groups in total. The van der Waals surface area contributed by atoms with Gasteiger partial charge in [-0.1, -0.05) is 43.3 Å². The zero-order valence-electron chi connectivity index (χ0n) is 22.7. The molecule has 12 heteroatoms. The summed E-state index contributed by atoms with van der Waals surface area (Å²) in [5.74, 6) is -0.343. The van der Waals surface area contributed by atoms with Crippen molar-refractivity contribution in [1.29, 1.82) is 0 Å². The van der Waals surface area contributed by atoms with Crippen LogP contribution in [0.25, 0.3) is 21.9 Å². The molecule has 2 heterocycles. The van der Waals surface area contributed by atoms with Crippen molar-refractivity contribution in [2.24, 2.45) is 0 Å². The first-order chi connectivity index (χ1) is 20.0. The minimum atomic E-state index is -4.72. The largest absolute Gasteiger partial charge is 0.416 e. The number of morpholine rings is 1. The first kappa shape index (κ1) is 29.5. The first-order valence-corrected chi connectivity index (χ1v) is 15.0. The van der Waals surface area contributed by atoms with Gasteiger partial charge in [0.2, 0.25) is 0 Å². The summed E-state index contributed by atoms with van der Waals surface area (Å²) in [4.78, 5) is 19.5. The number of aromatic nitrogens is 1. The molecule has 0 atom stereocenters. The second kappa shape index (κ2) is 12.1. The Morgan fingerprint density at radius 2 is 1.67 bits per heavy atom. The molecule has 1 saturated heterocycles. The predicted molar refractivity (Wildman–Crippen MR) is 155 cm³/mol. The molecule has 0 bridgehead atoms. The first-order valence-electron chi connectivity index (χ1n) is 13.3. The van der Waals surface area contributed by atoms with Crippen LogP contribution in [0.2, 0.25) is 0 Å². The normalized spacial score (nSPS) is 14.6. The molecule has 42 heavy (non-hydrogen) atoms. The molecule has 4 aromatic rings. The van der Waals surface area contributed by atoms with Crippen LogP contribution in [0.3, 0.4) is 0 Å². The number of nitrogens with zero attached hydrogens (tertiary/aromatic N) is 2. The van der Waals surface area contributed by atoms with Gasteiger partial charge in [0.05, 0.1) is 46.5 Å². The molecule has 1 fully saturated rings. The van der Waals surface area contributed by atoms with Crippen molar-refractivity contribution in [3.8, 4) is 11.1 Å². The number of hydrogen-bond donors (Lipinski definition) is 2. The lowest BCUT2D eigenvalue weighted by atomic mass is 9.98. The van der Waals surface area contributed by atoms with Gasteiger partial charge in [0.25, 0.3) is 0 Å². The monoisotopic (exact) mass is 598 g/mol. The average molecular weight is 599 g/mol. The van der Waals surface area contributed by atoms with Crippen LogP contribution in [0, 0.1) is 0 Å². The van der Waals surface area contributed by atoms with Crippen LogP contribution in [0.5, 0.6) is 0 Å². The topological polar surface area (TPSA) is 101 Å². The van der Waals surface area contributed by atoms with E-state index in [9.17, 15) is 26.4 Å². The molecule has 0 unspecified atom stereocenters. The predicted octanol–water partition coefficient (Wildman–Crippen LogP) is 6.19. The Labute approximate surface area is 241 Å².